The molecule has 0 bridgehead atoms. The van der Waals surface area contributed by atoms with Gasteiger partial charge in [0.25, 0.3) is 5.91 Å². The molecule has 1 fully saturated rings. The average molecular weight is 273 g/mol. The lowest BCUT2D eigenvalue weighted by Gasteiger charge is -2.13. The normalized spacial score (nSPS) is 16.9. The number of aryl methyl sites for hydroxylation is 1. The molecule has 0 aliphatic carbocycles. The van der Waals surface area contributed by atoms with Gasteiger partial charge in [0.15, 0.2) is 0 Å². The molecular formula is C15H15NO4. The minimum Gasteiger partial charge on any atom is -0.463 e. The third kappa shape index (κ3) is 2.77. The van der Waals surface area contributed by atoms with Crippen molar-refractivity contribution in [2.75, 3.05) is 11.5 Å². The average Bonchev–Trinajstić information content (AvgIpc) is 2.66. The second-order valence-electron chi connectivity index (χ2n) is 4.47. The SMILES string of the molecule is CCOC(=O)/C=C1\CC(=O)N(c2ccc(C)cc2)C1=O. The van der Waals surface area contributed by atoms with E-state index in [9.17, 15) is 14.4 Å². The number of carbonyl (C=O) groups is 3. The van der Waals surface area contributed by atoms with E-state index in [-0.39, 0.29) is 24.5 Å². The Bertz CT molecular complexity index is 586. The molecule has 0 radical (unpaired) electrons. The van der Waals surface area contributed by atoms with Gasteiger partial charge in [-0.2, -0.15) is 0 Å². The van der Waals surface area contributed by atoms with Crippen LogP contribution in [0.4, 0.5) is 5.69 Å². The molecule has 104 valence electrons. The van der Waals surface area contributed by atoms with Crippen LogP contribution in [-0.4, -0.2) is 24.4 Å². The quantitative estimate of drug-likeness (QED) is 0.478. The van der Waals surface area contributed by atoms with Crippen molar-refractivity contribution in [1.29, 1.82) is 0 Å². The second-order valence-corrected chi connectivity index (χ2v) is 4.47. The van der Waals surface area contributed by atoms with E-state index in [1.165, 1.54) is 0 Å². The van der Waals surface area contributed by atoms with Crippen molar-refractivity contribution in [3.63, 3.8) is 0 Å². The molecule has 1 aromatic carbocycles. The lowest BCUT2D eigenvalue weighted by atomic mass is 10.2. The lowest BCUT2D eigenvalue weighted by Crippen LogP contribution is -2.28. The van der Waals surface area contributed by atoms with Crippen LogP contribution < -0.4 is 4.90 Å². The van der Waals surface area contributed by atoms with Crippen molar-refractivity contribution in [3.05, 3.63) is 41.5 Å². The van der Waals surface area contributed by atoms with Crippen molar-refractivity contribution < 1.29 is 19.1 Å². The Morgan fingerprint density at radius 1 is 1.30 bits per heavy atom. The molecule has 20 heavy (non-hydrogen) atoms. The molecular weight excluding hydrogens is 258 g/mol. The van der Waals surface area contributed by atoms with E-state index >= 15 is 0 Å². The highest BCUT2D eigenvalue weighted by Gasteiger charge is 2.35. The maximum atomic E-state index is 12.2. The van der Waals surface area contributed by atoms with Crippen LogP contribution in [0.15, 0.2) is 35.9 Å². The van der Waals surface area contributed by atoms with Gasteiger partial charge in [0, 0.05) is 11.6 Å². The van der Waals surface area contributed by atoms with Crippen molar-refractivity contribution in [1.82, 2.24) is 0 Å². The lowest BCUT2D eigenvalue weighted by molar-refractivity contribution is -0.137. The summed E-state index contributed by atoms with van der Waals surface area (Å²) in [6.45, 7) is 3.83. The van der Waals surface area contributed by atoms with Crippen LogP contribution in [0.2, 0.25) is 0 Å². The van der Waals surface area contributed by atoms with Gasteiger partial charge < -0.3 is 4.74 Å². The first-order valence-electron chi connectivity index (χ1n) is 6.34. The Morgan fingerprint density at radius 3 is 2.55 bits per heavy atom. The number of ether oxygens (including phenoxy) is 1. The number of esters is 1. The fourth-order valence-electron chi connectivity index (χ4n) is 1.97. The smallest absolute Gasteiger partial charge is 0.331 e. The number of nitrogens with zero attached hydrogens (tertiary/aromatic N) is 1. The van der Waals surface area contributed by atoms with Crippen LogP contribution in [0.1, 0.15) is 18.9 Å². The number of anilines is 1. The first-order valence-corrected chi connectivity index (χ1v) is 6.34. The summed E-state index contributed by atoms with van der Waals surface area (Å²) in [7, 11) is 0. The standard InChI is InChI=1S/C15H15NO4/c1-3-20-14(18)9-11-8-13(17)16(15(11)19)12-6-4-10(2)5-7-12/h4-7,9H,3,8H2,1-2H3/b11-9+. The number of amides is 2. The van der Waals surface area contributed by atoms with Crippen molar-refractivity contribution in [3.8, 4) is 0 Å². The molecule has 1 aromatic rings. The molecule has 0 saturated carbocycles. The minimum atomic E-state index is -0.602. The Balaban J connectivity index is 2.25. The molecule has 0 spiro atoms. The van der Waals surface area contributed by atoms with Gasteiger partial charge in [-0.25, -0.2) is 9.69 Å². The van der Waals surface area contributed by atoms with Gasteiger partial charge in [0.1, 0.15) is 0 Å². The number of benzene rings is 1. The third-order valence-electron chi connectivity index (χ3n) is 2.94. The molecule has 1 aliphatic heterocycles. The van der Waals surface area contributed by atoms with E-state index in [1.54, 1.807) is 19.1 Å². The Labute approximate surface area is 116 Å². The Morgan fingerprint density at radius 2 is 1.95 bits per heavy atom. The van der Waals surface area contributed by atoms with Crippen LogP contribution in [0.25, 0.3) is 0 Å². The molecule has 0 aromatic heterocycles. The van der Waals surface area contributed by atoms with Gasteiger partial charge in [-0.15, -0.1) is 0 Å². The summed E-state index contributed by atoms with van der Waals surface area (Å²) < 4.78 is 4.75. The molecule has 0 unspecified atom stereocenters. The topological polar surface area (TPSA) is 63.7 Å². The van der Waals surface area contributed by atoms with Crippen LogP contribution >= 0.6 is 0 Å². The minimum absolute atomic E-state index is 0.0779. The maximum absolute atomic E-state index is 12.2. The van der Waals surface area contributed by atoms with E-state index in [1.807, 2.05) is 19.1 Å². The molecule has 5 heteroatoms. The molecule has 1 aliphatic rings. The first kappa shape index (κ1) is 14.0. The molecule has 1 heterocycles. The summed E-state index contributed by atoms with van der Waals surface area (Å²) >= 11 is 0. The van der Waals surface area contributed by atoms with E-state index in [0.717, 1.165) is 16.5 Å². The van der Waals surface area contributed by atoms with Gasteiger partial charge >= 0.3 is 5.97 Å². The van der Waals surface area contributed by atoms with E-state index in [2.05, 4.69) is 0 Å². The summed E-state index contributed by atoms with van der Waals surface area (Å²) in [5, 5.41) is 0. The van der Waals surface area contributed by atoms with Crippen LogP contribution in [0.5, 0.6) is 0 Å². The fraction of sp³-hybridized carbons (Fsp3) is 0.267. The number of imide groups is 1. The number of hydrogen-bond donors (Lipinski definition) is 0. The maximum Gasteiger partial charge on any atom is 0.331 e. The highest BCUT2D eigenvalue weighted by molar-refractivity contribution is 6.29. The van der Waals surface area contributed by atoms with E-state index < -0.39 is 11.9 Å². The Kier molecular flexibility index (Phi) is 3.98. The van der Waals surface area contributed by atoms with Gasteiger partial charge in [0.2, 0.25) is 5.91 Å². The van der Waals surface area contributed by atoms with Crippen molar-refractivity contribution in [2.45, 2.75) is 20.3 Å². The predicted molar refractivity (Wildman–Crippen MR) is 73.0 cm³/mol. The largest absolute Gasteiger partial charge is 0.463 e. The summed E-state index contributed by atoms with van der Waals surface area (Å²) in [6, 6.07) is 7.06. The second kappa shape index (κ2) is 5.69. The predicted octanol–water partition coefficient (Wildman–Crippen LogP) is 1.75. The molecule has 0 atom stereocenters. The summed E-state index contributed by atoms with van der Waals surface area (Å²) in [5.74, 6) is -1.41. The highest BCUT2D eigenvalue weighted by Crippen LogP contribution is 2.26. The van der Waals surface area contributed by atoms with Crippen LogP contribution in [0, 0.1) is 6.92 Å². The number of hydrogen-bond acceptors (Lipinski definition) is 4. The number of carbonyl (C=O) groups excluding carboxylic acids is 3. The summed E-state index contributed by atoms with van der Waals surface area (Å²) in [5.41, 5.74) is 1.71. The van der Waals surface area contributed by atoms with Gasteiger partial charge in [-0.05, 0) is 26.0 Å². The molecule has 2 amide bonds. The summed E-state index contributed by atoms with van der Waals surface area (Å²) in [6.07, 6.45) is 1.02. The molecule has 2 rings (SSSR count). The highest BCUT2D eigenvalue weighted by atomic mass is 16.5. The monoisotopic (exact) mass is 273 g/mol. The van der Waals surface area contributed by atoms with Crippen molar-refractivity contribution >= 4 is 23.5 Å². The van der Waals surface area contributed by atoms with Gasteiger partial charge in [0.05, 0.1) is 18.7 Å². The first-order chi connectivity index (χ1) is 9.52. The van der Waals surface area contributed by atoms with Gasteiger partial charge in [-0.1, -0.05) is 17.7 Å². The Hall–Kier alpha value is -2.43. The van der Waals surface area contributed by atoms with Gasteiger partial charge in [-0.3, -0.25) is 9.59 Å². The zero-order valence-corrected chi connectivity index (χ0v) is 11.4. The molecule has 5 nitrogen and oxygen atoms in total. The third-order valence-corrected chi connectivity index (χ3v) is 2.94. The van der Waals surface area contributed by atoms with Crippen LogP contribution in [-0.2, 0) is 19.1 Å². The van der Waals surface area contributed by atoms with E-state index in [0.29, 0.717) is 5.69 Å². The van der Waals surface area contributed by atoms with Crippen LogP contribution in [0.3, 0.4) is 0 Å². The summed E-state index contributed by atoms with van der Waals surface area (Å²) in [4.78, 5) is 36.5. The number of rotatable bonds is 3. The zero-order valence-electron chi connectivity index (χ0n) is 11.4. The van der Waals surface area contributed by atoms with Crippen molar-refractivity contribution in [2.24, 2.45) is 0 Å². The molecule has 0 N–H and O–H groups in total. The van der Waals surface area contributed by atoms with E-state index in [4.69, 9.17) is 4.74 Å². The zero-order chi connectivity index (χ0) is 14.7. The fourth-order valence-corrected chi connectivity index (χ4v) is 1.97. The molecule has 1 saturated heterocycles.